The van der Waals surface area contributed by atoms with Crippen molar-refractivity contribution in [1.29, 1.82) is 0 Å². The number of esters is 1. The third kappa shape index (κ3) is 2.57. The molecule has 5 nitrogen and oxygen atoms in total. The van der Waals surface area contributed by atoms with Crippen molar-refractivity contribution in [3.05, 3.63) is 41.3 Å². The van der Waals surface area contributed by atoms with Crippen molar-refractivity contribution < 1.29 is 9.53 Å². The second-order valence-electron chi connectivity index (χ2n) is 3.18. The summed E-state index contributed by atoms with van der Waals surface area (Å²) in [5.41, 5.74) is 1.87. The molecule has 0 radical (unpaired) electrons. The fourth-order valence-electron chi connectivity index (χ4n) is 1.29. The van der Waals surface area contributed by atoms with E-state index >= 15 is 0 Å². The van der Waals surface area contributed by atoms with Gasteiger partial charge in [0.15, 0.2) is 0 Å². The summed E-state index contributed by atoms with van der Waals surface area (Å²) in [4.78, 5) is 15.1. The molecule has 0 saturated carbocycles. The highest BCUT2D eigenvalue weighted by Gasteiger charge is 2.06. The molecular weight excluding hydrogens is 242 g/mol. The number of benzene rings is 1. The number of ether oxygens (including phenoxy) is 1. The number of methoxy groups -OCH3 is 1. The fraction of sp³-hybridized carbons (Fsp3) is 0.0909. The van der Waals surface area contributed by atoms with Crippen molar-refractivity contribution in [2.45, 2.75) is 0 Å². The number of nitrogens with zero attached hydrogens (tertiary/aromatic N) is 3. The Bertz CT molecular complexity index is 525. The number of halogens is 1. The van der Waals surface area contributed by atoms with Gasteiger partial charge in [-0.1, -0.05) is 12.1 Å². The van der Waals surface area contributed by atoms with Gasteiger partial charge in [0.05, 0.1) is 18.9 Å². The third-order valence-electron chi connectivity index (χ3n) is 2.14. The third-order valence-corrected chi connectivity index (χ3v) is 2.31. The van der Waals surface area contributed by atoms with E-state index in [1.54, 1.807) is 24.3 Å². The van der Waals surface area contributed by atoms with Crippen LogP contribution in [0.25, 0.3) is 11.3 Å². The summed E-state index contributed by atoms with van der Waals surface area (Å²) >= 11 is 5.54. The molecule has 2 rings (SSSR count). The van der Waals surface area contributed by atoms with Crippen molar-refractivity contribution in [3.8, 4) is 11.3 Å². The SMILES string of the molecule is COC(=O)c1ccc(-c2cnc(Cl)nn2)cc1. The van der Waals surface area contributed by atoms with E-state index in [0.29, 0.717) is 11.3 Å². The molecule has 1 aromatic heterocycles. The van der Waals surface area contributed by atoms with Crippen LogP contribution in [0.1, 0.15) is 10.4 Å². The van der Waals surface area contributed by atoms with Crippen LogP contribution < -0.4 is 0 Å². The van der Waals surface area contributed by atoms with Gasteiger partial charge in [-0.3, -0.25) is 0 Å². The number of hydrogen-bond acceptors (Lipinski definition) is 5. The first-order valence-corrected chi connectivity index (χ1v) is 5.12. The molecule has 0 N–H and O–H groups in total. The molecule has 0 fully saturated rings. The van der Waals surface area contributed by atoms with Gasteiger partial charge in [-0.25, -0.2) is 9.78 Å². The van der Waals surface area contributed by atoms with Crippen LogP contribution in [-0.4, -0.2) is 28.3 Å². The smallest absolute Gasteiger partial charge is 0.337 e. The quantitative estimate of drug-likeness (QED) is 0.762. The van der Waals surface area contributed by atoms with Crippen LogP contribution >= 0.6 is 11.6 Å². The first kappa shape index (κ1) is 11.5. The lowest BCUT2D eigenvalue weighted by molar-refractivity contribution is 0.0601. The summed E-state index contributed by atoms with van der Waals surface area (Å²) in [6.45, 7) is 0. The summed E-state index contributed by atoms with van der Waals surface area (Å²) in [5.74, 6) is -0.378. The van der Waals surface area contributed by atoms with Crippen LogP contribution in [0.3, 0.4) is 0 Å². The van der Waals surface area contributed by atoms with E-state index in [2.05, 4.69) is 19.9 Å². The van der Waals surface area contributed by atoms with Crippen LogP contribution in [0, 0.1) is 0 Å². The predicted octanol–water partition coefficient (Wildman–Crippen LogP) is 1.98. The fourth-order valence-corrected chi connectivity index (χ4v) is 1.37. The summed E-state index contributed by atoms with van der Waals surface area (Å²) < 4.78 is 4.60. The molecular formula is C11H8ClN3O2. The lowest BCUT2D eigenvalue weighted by atomic mass is 10.1. The van der Waals surface area contributed by atoms with E-state index in [-0.39, 0.29) is 11.3 Å². The number of hydrogen-bond donors (Lipinski definition) is 0. The molecule has 86 valence electrons. The van der Waals surface area contributed by atoms with Crippen LogP contribution in [0.15, 0.2) is 30.5 Å². The van der Waals surface area contributed by atoms with Gasteiger partial charge >= 0.3 is 5.97 Å². The Kier molecular flexibility index (Phi) is 3.30. The van der Waals surface area contributed by atoms with Crippen molar-refractivity contribution in [1.82, 2.24) is 15.2 Å². The van der Waals surface area contributed by atoms with E-state index in [1.165, 1.54) is 13.3 Å². The van der Waals surface area contributed by atoms with Crippen molar-refractivity contribution >= 4 is 17.6 Å². The number of aromatic nitrogens is 3. The van der Waals surface area contributed by atoms with Gasteiger partial charge in [-0.15, -0.1) is 10.2 Å². The van der Waals surface area contributed by atoms with Gasteiger partial charge in [0.2, 0.25) is 5.28 Å². The zero-order valence-corrected chi connectivity index (χ0v) is 9.68. The standard InChI is InChI=1S/C11H8ClN3O2/c1-17-10(16)8-4-2-7(3-5-8)9-6-13-11(12)15-14-9/h2-6H,1H3. The molecule has 0 amide bonds. The van der Waals surface area contributed by atoms with Gasteiger partial charge in [0.25, 0.3) is 0 Å². The molecule has 17 heavy (non-hydrogen) atoms. The van der Waals surface area contributed by atoms with E-state index in [0.717, 1.165) is 5.56 Å². The van der Waals surface area contributed by atoms with Crippen LogP contribution in [0.5, 0.6) is 0 Å². The second-order valence-corrected chi connectivity index (χ2v) is 3.52. The molecule has 1 heterocycles. The minimum atomic E-state index is -0.378. The maximum absolute atomic E-state index is 11.2. The summed E-state index contributed by atoms with van der Waals surface area (Å²) in [6, 6.07) is 6.78. The van der Waals surface area contributed by atoms with E-state index in [4.69, 9.17) is 11.6 Å². The lowest BCUT2D eigenvalue weighted by Crippen LogP contribution is -2.00. The normalized spacial score (nSPS) is 10.0. The van der Waals surface area contributed by atoms with E-state index in [1.807, 2.05) is 0 Å². The summed E-state index contributed by atoms with van der Waals surface area (Å²) in [5, 5.41) is 7.62. The molecule has 0 aliphatic heterocycles. The first-order chi connectivity index (χ1) is 8.20. The van der Waals surface area contributed by atoms with Gasteiger partial charge < -0.3 is 4.74 Å². The average Bonchev–Trinajstić information content (AvgIpc) is 2.39. The van der Waals surface area contributed by atoms with Crippen LogP contribution in [0.4, 0.5) is 0 Å². The molecule has 0 saturated heterocycles. The van der Waals surface area contributed by atoms with E-state index < -0.39 is 0 Å². The van der Waals surface area contributed by atoms with Crippen LogP contribution in [-0.2, 0) is 4.74 Å². The minimum Gasteiger partial charge on any atom is -0.465 e. The highest BCUT2D eigenvalue weighted by Crippen LogP contribution is 2.16. The molecule has 6 heteroatoms. The Morgan fingerprint density at radius 1 is 1.24 bits per heavy atom. The zero-order valence-electron chi connectivity index (χ0n) is 8.92. The van der Waals surface area contributed by atoms with Crippen LogP contribution in [0.2, 0.25) is 5.28 Å². The van der Waals surface area contributed by atoms with Crippen molar-refractivity contribution in [3.63, 3.8) is 0 Å². The maximum atomic E-state index is 11.2. The largest absolute Gasteiger partial charge is 0.465 e. The number of rotatable bonds is 2. The maximum Gasteiger partial charge on any atom is 0.337 e. The molecule has 0 aliphatic rings. The monoisotopic (exact) mass is 249 g/mol. The first-order valence-electron chi connectivity index (χ1n) is 4.74. The Morgan fingerprint density at radius 3 is 2.47 bits per heavy atom. The molecule has 0 aliphatic carbocycles. The highest BCUT2D eigenvalue weighted by atomic mass is 35.5. The van der Waals surface area contributed by atoms with Crippen molar-refractivity contribution in [2.75, 3.05) is 7.11 Å². The Hall–Kier alpha value is -2.01. The number of carbonyl (C=O) groups excluding carboxylic acids is 1. The Morgan fingerprint density at radius 2 is 1.94 bits per heavy atom. The second kappa shape index (κ2) is 4.88. The average molecular weight is 250 g/mol. The van der Waals surface area contributed by atoms with E-state index in [9.17, 15) is 4.79 Å². The molecule has 0 spiro atoms. The van der Waals surface area contributed by atoms with Gasteiger partial charge in [-0.2, -0.15) is 0 Å². The molecule has 0 unspecified atom stereocenters. The Labute approximate surface area is 102 Å². The highest BCUT2D eigenvalue weighted by molar-refractivity contribution is 6.28. The predicted molar refractivity (Wildman–Crippen MR) is 61.6 cm³/mol. The zero-order chi connectivity index (χ0) is 12.3. The summed E-state index contributed by atoms with van der Waals surface area (Å²) in [7, 11) is 1.34. The molecule has 1 aromatic carbocycles. The minimum absolute atomic E-state index is 0.0972. The molecule has 0 bridgehead atoms. The topological polar surface area (TPSA) is 65.0 Å². The molecule has 2 aromatic rings. The molecule has 0 atom stereocenters. The lowest BCUT2D eigenvalue weighted by Gasteiger charge is -2.01. The van der Waals surface area contributed by atoms with Gasteiger partial charge in [0.1, 0.15) is 5.69 Å². The van der Waals surface area contributed by atoms with Gasteiger partial charge in [0, 0.05) is 5.56 Å². The number of carbonyl (C=O) groups is 1. The van der Waals surface area contributed by atoms with Crippen molar-refractivity contribution in [2.24, 2.45) is 0 Å². The Balaban J connectivity index is 2.29. The summed E-state index contributed by atoms with van der Waals surface area (Å²) in [6.07, 6.45) is 1.52. The van der Waals surface area contributed by atoms with Gasteiger partial charge in [-0.05, 0) is 23.7 Å².